The van der Waals surface area contributed by atoms with Gasteiger partial charge in [0.25, 0.3) is 0 Å². The zero-order valence-electron chi connectivity index (χ0n) is 9.72. The molecule has 1 heterocycles. The van der Waals surface area contributed by atoms with Crippen molar-refractivity contribution in [3.63, 3.8) is 0 Å². The van der Waals surface area contributed by atoms with Crippen molar-refractivity contribution in [3.8, 4) is 0 Å². The van der Waals surface area contributed by atoms with Crippen LogP contribution in [0.4, 0.5) is 4.39 Å². The van der Waals surface area contributed by atoms with Gasteiger partial charge in [0, 0.05) is 0 Å². The van der Waals surface area contributed by atoms with Crippen LogP contribution in [0.25, 0.3) is 0 Å². The maximum atomic E-state index is 12.6. The monoisotopic (exact) mass is 253 g/mol. The van der Waals surface area contributed by atoms with Crippen molar-refractivity contribution in [2.75, 3.05) is 7.11 Å². The molecule has 0 bridgehead atoms. The lowest BCUT2D eigenvalue weighted by molar-refractivity contribution is 0.0691. The van der Waals surface area contributed by atoms with Crippen LogP contribution in [0.5, 0.6) is 0 Å². The van der Waals surface area contributed by atoms with Gasteiger partial charge in [-0.05, 0) is 12.5 Å². The van der Waals surface area contributed by atoms with E-state index in [9.17, 15) is 9.18 Å². The molecule has 1 N–H and O–H groups in total. The summed E-state index contributed by atoms with van der Waals surface area (Å²) in [4.78, 5) is 11.2. The molecule has 0 radical (unpaired) electrons. The summed E-state index contributed by atoms with van der Waals surface area (Å²) in [5, 5.41) is 12.8. The molecule has 2 rings (SSSR count). The van der Waals surface area contributed by atoms with E-state index in [0.717, 1.165) is 0 Å². The highest BCUT2D eigenvalue weighted by Gasteiger charge is 2.30. The summed E-state index contributed by atoms with van der Waals surface area (Å²) in [5.41, 5.74) is -0.00616. The highest BCUT2D eigenvalue weighted by molar-refractivity contribution is 5.90. The van der Waals surface area contributed by atoms with Gasteiger partial charge in [0.1, 0.15) is 17.0 Å². The molecule has 1 atom stereocenters. The number of carbonyl (C=O) groups is 1. The fraction of sp³-hybridized carbons (Fsp3) is 0.333. The van der Waals surface area contributed by atoms with Gasteiger partial charge >= 0.3 is 5.97 Å². The van der Waals surface area contributed by atoms with E-state index in [1.54, 1.807) is 6.08 Å². The smallest absolute Gasteiger partial charge is 0.341 e. The lowest BCUT2D eigenvalue weighted by atomic mass is 9.92. The lowest BCUT2D eigenvalue weighted by Gasteiger charge is -2.18. The Morgan fingerprint density at radius 2 is 2.50 bits per heavy atom. The molecule has 0 saturated heterocycles. The van der Waals surface area contributed by atoms with Crippen LogP contribution < -0.4 is 0 Å². The van der Waals surface area contributed by atoms with E-state index in [0.29, 0.717) is 12.2 Å². The summed E-state index contributed by atoms with van der Waals surface area (Å²) >= 11 is 0. The van der Waals surface area contributed by atoms with Gasteiger partial charge in [-0.3, -0.25) is 0 Å². The summed E-state index contributed by atoms with van der Waals surface area (Å²) < 4.78 is 22.6. The SMILES string of the molecule is COC1=CC=CCC1c1noc(CF)c1C(=O)O. The van der Waals surface area contributed by atoms with Gasteiger partial charge in [0.15, 0.2) is 12.4 Å². The molecule has 1 aromatic rings. The minimum Gasteiger partial charge on any atom is -0.500 e. The summed E-state index contributed by atoms with van der Waals surface area (Å²) in [6.07, 6.45) is 5.94. The highest BCUT2D eigenvalue weighted by Crippen LogP contribution is 2.34. The number of aromatic carboxylic acids is 1. The number of carboxylic acid groups (broad SMARTS) is 1. The molecule has 0 aromatic carbocycles. The third-order valence-corrected chi connectivity index (χ3v) is 2.80. The number of alkyl halides is 1. The van der Waals surface area contributed by atoms with Crippen LogP contribution in [0, 0.1) is 0 Å². The maximum Gasteiger partial charge on any atom is 0.341 e. The van der Waals surface area contributed by atoms with Crippen molar-refractivity contribution >= 4 is 5.97 Å². The van der Waals surface area contributed by atoms with E-state index < -0.39 is 12.6 Å². The highest BCUT2D eigenvalue weighted by atomic mass is 19.1. The van der Waals surface area contributed by atoms with Crippen LogP contribution in [0.1, 0.15) is 34.2 Å². The minimum atomic E-state index is -1.25. The second kappa shape index (κ2) is 5.03. The number of carboxylic acids is 1. The van der Waals surface area contributed by atoms with Crippen LogP contribution in [0.3, 0.4) is 0 Å². The van der Waals surface area contributed by atoms with Crippen LogP contribution in [-0.4, -0.2) is 23.3 Å². The Kier molecular flexibility index (Phi) is 3.45. The largest absolute Gasteiger partial charge is 0.500 e. The van der Waals surface area contributed by atoms with Crippen molar-refractivity contribution in [2.45, 2.75) is 19.0 Å². The Balaban J connectivity index is 2.45. The Morgan fingerprint density at radius 1 is 1.72 bits per heavy atom. The lowest BCUT2D eigenvalue weighted by Crippen LogP contribution is -2.12. The van der Waals surface area contributed by atoms with Crippen LogP contribution in [0.15, 0.2) is 28.5 Å². The fourth-order valence-electron chi connectivity index (χ4n) is 1.96. The van der Waals surface area contributed by atoms with Gasteiger partial charge in [-0.25, -0.2) is 9.18 Å². The molecule has 5 nitrogen and oxygen atoms in total. The summed E-state index contributed by atoms with van der Waals surface area (Å²) in [7, 11) is 1.49. The number of methoxy groups -OCH3 is 1. The molecule has 1 aliphatic rings. The first kappa shape index (κ1) is 12.3. The number of hydrogen-bond donors (Lipinski definition) is 1. The molecular formula is C12H12FNO4. The number of halogens is 1. The third-order valence-electron chi connectivity index (χ3n) is 2.80. The zero-order chi connectivity index (χ0) is 13.1. The molecule has 1 unspecified atom stereocenters. The molecule has 0 spiro atoms. The van der Waals surface area contributed by atoms with Gasteiger partial charge in [-0.1, -0.05) is 17.3 Å². The standard InChI is InChI=1S/C12H12FNO4/c1-17-8-5-3-2-4-7(8)11-10(12(15)16)9(6-13)18-14-11/h2-3,5,7H,4,6H2,1H3,(H,15,16). The van der Waals surface area contributed by atoms with Crippen LogP contribution in [0.2, 0.25) is 0 Å². The van der Waals surface area contributed by atoms with Crippen LogP contribution in [-0.2, 0) is 11.4 Å². The van der Waals surface area contributed by atoms with Crippen molar-refractivity contribution in [1.82, 2.24) is 5.16 Å². The van der Waals surface area contributed by atoms with E-state index >= 15 is 0 Å². The van der Waals surface area contributed by atoms with E-state index in [2.05, 4.69) is 5.16 Å². The normalized spacial score (nSPS) is 18.6. The first-order chi connectivity index (χ1) is 8.69. The number of aromatic nitrogens is 1. The third kappa shape index (κ3) is 2.01. The van der Waals surface area contributed by atoms with E-state index in [1.165, 1.54) is 7.11 Å². The second-order valence-electron chi connectivity index (χ2n) is 3.79. The van der Waals surface area contributed by atoms with E-state index in [1.807, 2.05) is 12.2 Å². The molecular weight excluding hydrogens is 241 g/mol. The molecule has 0 saturated carbocycles. The van der Waals surface area contributed by atoms with E-state index in [-0.39, 0.29) is 22.9 Å². The predicted molar refractivity (Wildman–Crippen MR) is 59.9 cm³/mol. The first-order valence-corrected chi connectivity index (χ1v) is 5.37. The molecule has 6 heteroatoms. The predicted octanol–water partition coefficient (Wildman–Crippen LogP) is 2.42. The van der Waals surface area contributed by atoms with Crippen molar-refractivity contribution < 1.29 is 23.6 Å². The van der Waals surface area contributed by atoms with Gasteiger partial charge in [-0.2, -0.15) is 0 Å². The van der Waals surface area contributed by atoms with E-state index in [4.69, 9.17) is 14.4 Å². The van der Waals surface area contributed by atoms with Gasteiger partial charge < -0.3 is 14.4 Å². The topological polar surface area (TPSA) is 72.6 Å². The summed E-state index contributed by atoms with van der Waals surface area (Å²) in [5.74, 6) is -1.28. The van der Waals surface area contributed by atoms with Crippen molar-refractivity contribution in [1.29, 1.82) is 0 Å². The maximum absolute atomic E-state index is 12.6. The average molecular weight is 253 g/mol. The molecule has 18 heavy (non-hydrogen) atoms. The van der Waals surface area contributed by atoms with Gasteiger partial charge in [0.2, 0.25) is 0 Å². The number of nitrogens with zero attached hydrogens (tertiary/aromatic N) is 1. The average Bonchev–Trinajstić information content (AvgIpc) is 2.82. The second-order valence-corrected chi connectivity index (χ2v) is 3.79. The number of ether oxygens (including phenoxy) is 1. The van der Waals surface area contributed by atoms with Crippen molar-refractivity contribution in [2.24, 2.45) is 0 Å². The molecule has 0 fully saturated rings. The van der Waals surface area contributed by atoms with Gasteiger partial charge in [-0.15, -0.1) is 0 Å². The molecule has 0 aliphatic heterocycles. The summed E-state index contributed by atoms with van der Waals surface area (Å²) in [6.45, 7) is -0.997. The Hall–Kier alpha value is -2.11. The van der Waals surface area contributed by atoms with Crippen LogP contribution >= 0.6 is 0 Å². The molecule has 1 aliphatic carbocycles. The van der Waals surface area contributed by atoms with Gasteiger partial charge in [0.05, 0.1) is 13.0 Å². The molecule has 96 valence electrons. The minimum absolute atomic E-state index is 0.201. The Labute approximate surface area is 103 Å². The Morgan fingerprint density at radius 3 is 3.11 bits per heavy atom. The first-order valence-electron chi connectivity index (χ1n) is 5.37. The Bertz CT molecular complexity index is 518. The molecule has 0 amide bonds. The summed E-state index contributed by atoms with van der Waals surface area (Å²) in [6, 6.07) is 0. The van der Waals surface area contributed by atoms with Crippen molar-refractivity contribution in [3.05, 3.63) is 41.0 Å². The number of rotatable bonds is 4. The quantitative estimate of drug-likeness (QED) is 0.892. The number of hydrogen-bond acceptors (Lipinski definition) is 4. The molecule has 1 aromatic heterocycles. The number of allylic oxidation sites excluding steroid dienone is 4. The fourth-order valence-corrected chi connectivity index (χ4v) is 1.96. The zero-order valence-corrected chi connectivity index (χ0v) is 9.72.